The summed E-state index contributed by atoms with van der Waals surface area (Å²) in [7, 11) is 0. The summed E-state index contributed by atoms with van der Waals surface area (Å²) in [5, 5.41) is 2.90. The van der Waals surface area contributed by atoms with Crippen LogP contribution in [-0.4, -0.2) is 24.4 Å². The van der Waals surface area contributed by atoms with Crippen LogP contribution >= 0.6 is 0 Å². The molecular formula is C19H28N2O. The number of fused-ring (bicyclic) bond motifs is 1. The van der Waals surface area contributed by atoms with E-state index >= 15 is 0 Å². The number of anilines is 1. The fourth-order valence-corrected chi connectivity index (χ4v) is 4.54. The molecule has 1 aromatic carbocycles. The van der Waals surface area contributed by atoms with Gasteiger partial charge in [-0.1, -0.05) is 44.4 Å². The third kappa shape index (κ3) is 3.19. The summed E-state index contributed by atoms with van der Waals surface area (Å²) < 4.78 is 0. The number of rotatable bonds is 5. The number of hydrogen-bond acceptors (Lipinski definition) is 2. The standard InChI is InChI=1S/C19H28N2O/c1-2-11-21-13-16-8-4-3-7-15(16)12-19(21)17-9-5-6-10-18(17)20-14-22/h5-6,9-10,14-16,19H,2-4,7-8,11-13H2,1H3,(H,20,22). The van der Waals surface area contributed by atoms with Crippen molar-refractivity contribution in [2.75, 3.05) is 18.4 Å². The van der Waals surface area contributed by atoms with Crippen molar-refractivity contribution in [1.29, 1.82) is 0 Å². The second-order valence-corrected chi connectivity index (χ2v) is 6.90. The molecule has 0 spiro atoms. The van der Waals surface area contributed by atoms with Gasteiger partial charge in [0.25, 0.3) is 0 Å². The molecule has 1 heterocycles. The third-order valence-electron chi connectivity index (χ3n) is 5.55. The highest BCUT2D eigenvalue weighted by Crippen LogP contribution is 2.45. The number of carbonyl (C=O) groups is 1. The number of nitrogens with one attached hydrogen (secondary N) is 1. The predicted molar refractivity (Wildman–Crippen MR) is 90.8 cm³/mol. The highest BCUT2D eigenvalue weighted by atomic mass is 16.1. The Labute approximate surface area is 134 Å². The number of para-hydroxylation sites is 1. The molecule has 0 aromatic heterocycles. The molecule has 3 heteroatoms. The van der Waals surface area contributed by atoms with Gasteiger partial charge in [0.1, 0.15) is 0 Å². The summed E-state index contributed by atoms with van der Waals surface area (Å²) in [6.07, 6.45) is 8.86. The summed E-state index contributed by atoms with van der Waals surface area (Å²) in [5.74, 6) is 1.76. The van der Waals surface area contributed by atoms with Crippen molar-refractivity contribution in [3.63, 3.8) is 0 Å². The quantitative estimate of drug-likeness (QED) is 0.826. The maximum atomic E-state index is 10.9. The number of likely N-dealkylation sites (tertiary alicyclic amines) is 1. The molecule has 0 radical (unpaired) electrons. The highest BCUT2D eigenvalue weighted by molar-refractivity contribution is 5.73. The van der Waals surface area contributed by atoms with E-state index in [1.807, 2.05) is 12.1 Å². The molecule has 1 aliphatic carbocycles. The largest absolute Gasteiger partial charge is 0.328 e. The lowest BCUT2D eigenvalue weighted by Gasteiger charge is -2.46. The monoisotopic (exact) mass is 300 g/mol. The van der Waals surface area contributed by atoms with Gasteiger partial charge < -0.3 is 5.32 Å². The van der Waals surface area contributed by atoms with Gasteiger partial charge in [-0.15, -0.1) is 0 Å². The molecule has 1 saturated heterocycles. The van der Waals surface area contributed by atoms with Crippen molar-refractivity contribution >= 4 is 12.1 Å². The third-order valence-corrected chi connectivity index (χ3v) is 5.55. The Balaban J connectivity index is 1.87. The topological polar surface area (TPSA) is 32.3 Å². The average molecular weight is 300 g/mol. The van der Waals surface area contributed by atoms with Gasteiger partial charge in [0.15, 0.2) is 0 Å². The van der Waals surface area contributed by atoms with Gasteiger partial charge in [-0.25, -0.2) is 0 Å². The van der Waals surface area contributed by atoms with Crippen molar-refractivity contribution < 1.29 is 4.79 Å². The molecular weight excluding hydrogens is 272 g/mol. The lowest BCUT2D eigenvalue weighted by atomic mass is 9.71. The molecule has 1 aliphatic heterocycles. The molecule has 1 N–H and O–H groups in total. The SMILES string of the molecule is CCCN1CC2CCCCC2CC1c1ccccc1NC=O. The first-order valence-corrected chi connectivity index (χ1v) is 8.86. The second-order valence-electron chi connectivity index (χ2n) is 6.90. The minimum absolute atomic E-state index is 0.461. The Morgan fingerprint density at radius 3 is 2.77 bits per heavy atom. The normalized spacial score (nSPS) is 28.9. The molecule has 3 unspecified atom stereocenters. The molecule has 1 saturated carbocycles. The number of piperidine rings is 1. The lowest BCUT2D eigenvalue weighted by Crippen LogP contribution is -2.44. The number of amides is 1. The molecule has 3 rings (SSSR count). The van der Waals surface area contributed by atoms with E-state index in [4.69, 9.17) is 0 Å². The molecule has 2 aliphatic rings. The first-order chi connectivity index (χ1) is 10.8. The van der Waals surface area contributed by atoms with Gasteiger partial charge >= 0.3 is 0 Å². The smallest absolute Gasteiger partial charge is 0.211 e. The zero-order valence-corrected chi connectivity index (χ0v) is 13.6. The molecule has 1 amide bonds. The van der Waals surface area contributed by atoms with Crippen LogP contribution in [0.5, 0.6) is 0 Å². The van der Waals surface area contributed by atoms with Crippen molar-refractivity contribution in [1.82, 2.24) is 4.90 Å². The number of nitrogens with zero attached hydrogens (tertiary/aromatic N) is 1. The molecule has 0 bridgehead atoms. The predicted octanol–water partition coefficient (Wildman–Crippen LogP) is 4.22. The fraction of sp³-hybridized carbons (Fsp3) is 0.632. The van der Waals surface area contributed by atoms with Crippen LogP contribution in [0.1, 0.15) is 57.1 Å². The highest BCUT2D eigenvalue weighted by Gasteiger charge is 2.37. The first-order valence-electron chi connectivity index (χ1n) is 8.86. The zero-order valence-electron chi connectivity index (χ0n) is 13.6. The summed E-state index contributed by atoms with van der Waals surface area (Å²) in [6.45, 7) is 4.65. The maximum absolute atomic E-state index is 10.9. The van der Waals surface area contributed by atoms with Gasteiger partial charge in [0, 0.05) is 18.3 Å². The Morgan fingerprint density at radius 2 is 2.00 bits per heavy atom. The van der Waals surface area contributed by atoms with Gasteiger partial charge in [0.2, 0.25) is 6.41 Å². The molecule has 120 valence electrons. The van der Waals surface area contributed by atoms with E-state index in [9.17, 15) is 4.79 Å². The lowest BCUT2D eigenvalue weighted by molar-refractivity contribution is -0.105. The molecule has 22 heavy (non-hydrogen) atoms. The summed E-state index contributed by atoms with van der Waals surface area (Å²) in [4.78, 5) is 13.6. The van der Waals surface area contributed by atoms with E-state index < -0.39 is 0 Å². The minimum Gasteiger partial charge on any atom is -0.328 e. The molecule has 1 aromatic rings. The van der Waals surface area contributed by atoms with Crippen molar-refractivity contribution in [2.24, 2.45) is 11.8 Å². The first kappa shape index (κ1) is 15.5. The van der Waals surface area contributed by atoms with E-state index in [0.29, 0.717) is 6.04 Å². The Morgan fingerprint density at radius 1 is 1.23 bits per heavy atom. The Hall–Kier alpha value is -1.35. The van der Waals surface area contributed by atoms with Crippen LogP contribution in [-0.2, 0) is 4.79 Å². The van der Waals surface area contributed by atoms with Crippen LogP contribution in [0.4, 0.5) is 5.69 Å². The van der Waals surface area contributed by atoms with Crippen LogP contribution in [0, 0.1) is 11.8 Å². The van der Waals surface area contributed by atoms with Crippen LogP contribution < -0.4 is 5.32 Å². The van der Waals surface area contributed by atoms with E-state index in [2.05, 4.69) is 29.3 Å². The average Bonchev–Trinajstić information content (AvgIpc) is 2.55. The van der Waals surface area contributed by atoms with Crippen LogP contribution in [0.25, 0.3) is 0 Å². The van der Waals surface area contributed by atoms with Crippen molar-refractivity contribution in [3.05, 3.63) is 29.8 Å². The van der Waals surface area contributed by atoms with Crippen molar-refractivity contribution in [3.8, 4) is 0 Å². The fourth-order valence-electron chi connectivity index (χ4n) is 4.54. The van der Waals surface area contributed by atoms with Crippen LogP contribution in [0.2, 0.25) is 0 Å². The maximum Gasteiger partial charge on any atom is 0.211 e. The minimum atomic E-state index is 0.461. The van der Waals surface area contributed by atoms with Gasteiger partial charge in [-0.2, -0.15) is 0 Å². The van der Waals surface area contributed by atoms with Crippen molar-refractivity contribution in [2.45, 2.75) is 51.5 Å². The molecule has 3 atom stereocenters. The summed E-state index contributed by atoms with van der Waals surface area (Å²) >= 11 is 0. The summed E-state index contributed by atoms with van der Waals surface area (Å²) in [6, 6.07) is 8.79. The second kappa shape index (κ2) is 7.28. The van der Waals surface area contributed by atoms with Crippen LogP contribution in [0.15, 0.2) is 24.3 Å². The van der Waals surface area contributed by atoms with E-state index in [0.717, 1.165) is 30.5 Å². The zero-order chi connectivity index (χ0) is 15.4. The summed E-state index contributed by atoms with van der Waals surface area (Å²) in [5.41, 5.74) is 2.28. The van der Waals surface area contributed by atoms with Crippen LogP contribution in [0.3, 0.4) is 0 Å². The number of carbonyl (C=O) groups excluding carboxylic acids is 1. The van der Waals surface area contributed by atoms with Gasteiger partial charge in [0.05, 0.1) is 0 Å². The van der Waals surface area contributed by atoms with E-state index in [-0.39, 0.29) is 0 Å². The molecule has 2 fully saturated rings. The Bertz CT molecular complexity index is 502. The van der Waals surface area contributed by atoms with E-state index in [1.165, 1.54) is 50.6 Å². The number of hydrogen-bond donors (Lipinski definition) is 1. The molecule has 3 nitrogen and oxygen atoms in total. The Kier molecular flexibility index (Phi) is 5.14. The number of benzene rings is 1. The van der Waals surface area contributed by atoms with Gasteiger partial charge in [-0.05, 0) is 49.3 Å². The van der Waals surface area contributed by atoms with E-state index in [1.54, 1.807) is 0 Å². The van der Waals surface area contributed by atoms with Gasteiger partial charge in [-0.3, -0.25) is 9.69 Å².